The number of rotatable bonds is 3. The van der Waals surface area contributed by atoms with Gasteiger partial charge in [-0.1, -0.05) is 57.6 Å². The summed E-state index contributed by atoms with van der Waals surface area (Å²) in [5.41, 5.74) is 2.68. The molecule has 20 heavy (non-hydrogen) atoms. The topological polar surface area (TPSA) is 0 Å². The van der Waals surface area contributed by atoms with E-state index in [4.69, 9.17) is 0 Å². The highest BCUT2D eigenvalue weighted by Crippen LogP contribution is 2.37. The van der Waals surface area contributed by atoms with Crippen LogP contribution in [0.5, 0.6) is 0 Å². The maximum absolute atomic E-state index is 3.25. The Bertz CT molecular complexity index is 447. The fraction of sp³-hybridized carbons (Fsp3) is 0.600. The van der Waals surface area contributed by atoms with E-state index in [9.17, 15) is 0 Å². The second kappa shape index (κ2) is 7.53. The normalized spacial score (nSPS) is 22.4. The van der Waals surface area contributed by atoms with Crippen LogP contribution in [0.3, 0.4) is 0 Å². The first-order valence-corrected chi connectivity index (χ1v) is 8.30. The van der Waals surface area contributed by atoms with Gasteiger partial charge in [0, 0.05) is 11.5 Å². The van der Waals surface area contributed by atoms with E-state index in [2.05, 4.69) is 56.9 Å². The minimum atomic E-state index is 0.448. The second-order valence-electron chi connectivity index (χ2n) is 6.55. The van der Waals surface area contributed by atoms with Gasteiger partial charge in [-0.05, 0) is 55.2 Å². The van der Waals surface area contributed by atoms with Gasteiger partial charge in [-0.15, -0.1) is 0 Å². The summed E-state index contributed by atoms with van der Waals surface area (Å²) in [6, 6.07) is 9.00. The molecule has 0 aromatic heterocycles. The van der Waals surface area contributed by atoms with Crippen LogP contribution >= 0.6 is 0 Å². The summed E-state index contributed by atoms with van der Waals surface area (Å²) < 4.78 is 0. The van der Waals surface area contributed by atoms with E-state index in [0.717, 1.165) is 17.4 Å². The molecule has 0 heterocycles. The molecule has 0 aliphatic heterocycles. The molecule has 1 aromatic rings. The Labute approximate surface area is 125 Å². The lowest BCUT2D eigenvalue weighted by Crippen LogP contribution is -2.13. The maximum atomic E-state index is 3.25. The van der Waals surface area contributed by atoms with E-state index in [-0.39, 0.29) is 0 Å². The summed E-state index contributed by atoms with van der Waals surface area (Å²) in [7, 11) is 0. The summed E-state index contributed by atoms with van der Waals surface area (Å²) in [4.78, 5) is 0. The van der Waals surface area contributed by atoms with Crippen molar-refractivity contribution in [2.24, 2.45) is 11.8 Å². The molecule has 0 amide bonds. The molecule has 0 radical (unpaired) electrons. The zero-order chi connectivity index (χ0) is 14.4. The van der Waals surface area contributed by atoms with Gasteiger partial charge in [0.15, 0.2) is 0 Å². The third-order valence-corrected chi connectivity index (χ3v) is 4.43. The minimum Gasteiger partial charge on any atom is -0.0951 e. The zero-order valence-electron chi connectivity index (χ0n) is 13.3. The lowest BCUT2D eigenvalue weighted by atomic mass is 9.77. The average molecular weight is 268 g/mol. The molecule has 0 unspecified atom stereocenters. The van der Waals surface area contributed by atoms with Crippen molar-refractivity contribution in [3.8, 4) is 11.8 Å². The van der Waals surface area contributed by atoms with E-state index in [1.54, 1.807) is 0 Å². The van der Waals surface area contributed by atoms with Crippen LogP contribution in [-0.2, 0) is 0 Å². The van der Waals surface area contributed by atoms with Crippen LogP contribution in [0, 0.1) is 23.7 Å². The molecule has 0 spiro atoms. The molecular formula is C20H28. The van der Waals surface area contributed by atoms with Crippen molar-refractivity contribution >= 4 is 0 Å². The Morgan fingerprint density at radius 2 is 1.70 bits per heavy atom. The van der Waals surface area contributed by atoms with Crippen molar-refractivity contribution in [1.29, 1.82) is 0 Å². The molecule has 0 bridgehead atoms. The number of hydrogen-bond acceptors (Lipinski definition) is 0. The molecule has 0 saturated heterocycles. The van der Waals surface area contributed by atoms with Gasteiger partial charge in [0.2, 0.25) is 0 Å². The third-order valence-electron chi connectivity index (χ3n) is 4.43. The predicted molar refractivity (Wildman–Crippen MR) is 87.8 cm³/mol. The molecule has 0 heteroatoms. The zero-order valence-corrected chi connectivity index (χ0v) is 13.3. The maximum Gasteiger partial charge on any atom is 0.0245 e. The minimum absolute atomic E-state index is 0.448. The summed E-state index contributed by atoms with van der Waals surface area (Å²) >= 11 is 0. The van der Waals surface area contributed by atoms with Crippen LogP contribution in [0.2, 0.25) is 0 Å². The van der Waals surface area contributed by atoms with Gasteiger partial charge < -0.3 is 0 Å². The molecule has 1 aromatic carbocycles. The first-order chi connectivity index (χ1) is 9.69. The van der Waals surface area contributed by atoms with Crippen molar-refractivity contribution in [2.45, 2.75) is 65.2 Å². The van der Waals surface area contributed by atoms with E-state index in [1.807, 2.05) is 0 Å². The predicted octanol–water partition coefficient (Wildman–Crippen LogP) is 5.77. The number of hydrogen-bond donors (Lipinski definition) is 0. The smallest absolute Gasteiger partial charge is 0.0245 e. The Balaban J connectivity index is 1.93. The summed E-state index contributed by atoms with van der Waals surface area (Å²) in [6.07, 6.45) is 8.37. The van der Waals surface area contributed by atoms with Crippen LogP contribution in [0.1, 0.15) is 76.3 Å². The van der Waals surface area contributed by atoms with Crippen LogP contribution < -0.4 is 0 Å². The fourth-order valence-electron chi connectivity index (χ4n) is 3.26. The SMILES string of the molecule is CCCC1CCC(c2ccc(C#CC(C)C)cc2)CC1. The van der Waals surface area contributed by atoms with E-state index < -0.39 is 0 Å². The highest BCUT2D eigenvalue weighted by Gasteiger charge is 2.21. The van der Waals surface area contributed by atoms with Gasteiger partial charge >= 0.3 is 0 Å². The van der Waals surface area contributed by atoms with Crippen molar-refractivity contribution < 1.29 is 0 Å². The molecule has 1 saturated carbocycles. The van der Waals surface area contributed by atoms with Gasteiger partial charge in [0.05, 0.1) is 0 Å². The molecule has 108 valence electrons. The summed E-state index contributed by atoms with van der Waals surface area (Å²) in [5, 5.41) is 0. The third kappa shape index (κ3) is 4.41. The number of benzene rings is 1. The lowest BCUT2D eigenvalue weighted by Gasteiger charge is -2.28. The Morgan fingerprint density at radius 3 is 2.25 bits per heavy atom. The van der Waals surface area contributed by atoms with Gasteiger partial charge in [-0.3, -0.25) is 0 Å². The van der Waals surface area contributed by atoms with E-state index >= 15 is 0 Å². The van der Waals surface area contributed by atoms with Crippen molar-refractivity contribution in [3.05, 3.63) is 35.4 Å². The second-order valence-corrected chi connectivity index (χ2v) is 6.55. The standard InChI is InChI=1S/C20H28/c1-4-5-17-8-12-19(13-9-17)20-14-10-18(11-15-20)7-6-16(2)3/h10-11,14-17,19H,4-5,8-9,12-13H2,1-3H3. The quantitative estimate of drug-likeness (QED) is 0.611. The van der Waals surface area contributed by atoms with Gasteiger partial charge in [-0.25, -0.2) is 0 Å². The fourth-order valence-corrected chi connectivity index (χ4v) is 3.26. The van der Waals surface area contributed by atoms with Crippen molar-refractivity contribution in [2.75, 3.05) is 0 Å². The Morgan fingerprint density at radius 1 is 1.05 bits per heavy atom. The highest BCUT2D eigenvalue weighted by atomic mass is 14.3. The Hall–Kier alpha value is -1.22. The van der Waals surface area contributed by atoms with Crippen LogP contribution in [0.25, 0.3) is 0 Å². The summed E-state index contributed by atoms with van der Waals surface area (Å²) in [5.74, 6) is 8.71. The first-order valence-electron chi connectivity index (χ1n) is 8.30. The van der Waals surface area contributed by atoms with Crippen molar-refractivity contribution in [1.82, 2.24) is 0 Å². The molecule has 1 aliphatic rings. The Kier molecular flexibility index (Phi) is 5.72. The van der Waals surface area contributed by atoms with Gasteiger partial charge in [-0.2, -0.15) is 0 Å². The van der Waals surface area contributed by atoms with Gasteiger partial charge in [0.25, 0.3) is 0 Å². The van der Waals surface area contributed by atoms with Crippen LogP contribution in [-0.4, -0.2) is 0 Å². The molecule has 1 fully saturated rings. The first kappa shape index (κ1) is 15.2. The lowest BCUT2D eigenvalue weighted by molar-refractivity contribution is 0.308. The highest BCUT2D eigenvalue weighted by molar-refractivity contribution is 5.37. The molecule has 0 N–H and O–H groups in total. The van der Waals surface area contributed by atoms with Crippen molar-refractivity contribution in [3.63, 3.8) is 0 Å². The molecule has 0 atom stereocenters. The summed E-state index contributed by atoms with van der Waals surface area (Å²) in [6.45, 7) is 6.58. The largest absolute Gasteiger partial charge is 0.0951 e. The van der Waals surface area contributed by atoms with Crippen LogP contribution in [0.15, 0.2) is 24.3 Å². The monoisotopic (exact) mass is 268 g/mol. The van der Waals surface area contributed by atoms with Crippen LogP contribution in [0.4, 0.5) is 0 Å². The molecular weight excluding hydrogens is 240 g/mol. The molecule has 2 rings (SSSR count). The average Bonchev–Trinajstić information content (AvgIpc) is 2.47. The molecule has 1 aliphatic carbocycles. The van der Waals surface area contributed by atoms with E-state index in [1.165, 1.54) is 44.1 Å². The van der Waals surface area contributed by atoms with E-state index in [0.29, 0.717) is 5.92 Å². The molecule has 0 nitrogen and oxygen atoms in total. The van der Waals surface area contributed by atoms with Gasteiger partial charge in [0.1, 0.15) is 0 Å².